The Bertz CT molecular complexity index is 317. The van der Waals surface area contributed by atoms with Crippen molar-refractivity contribution < 1.29 is 0 Å². The summed E-state index contributed by atoms with van der Waals surface area (Å²) >= 11 is 0. The van der Waals surface area contributed by atoms with Crippen molar-refractivity contribution in [3.05, 3.63) is 24.3 Å². The van der Waals surface area contributed by atoms with Gasteiger partial charge in [-0.2, -0.15) is 0 Å². The normalized spacial score (nSPS) is 20.9. The van der Waals surface area contributed by atoms with E-state index >= 15 is 0 Å². The van der Waals surface area contributed by atoms with Crippen LogP contribution in [0, 0.1) is 5.41 Å². The van der Waals surface area contributed by atoms with Gasteiger partial charge in [0.15, 0.2) is 0 Å². The summed E-state index contributed by atoms with van der Waals surface area (Å²) in [6.07, 6.45) is 5.96. The number of hydrogen-bond acceptors (Lipinski definition) is 4. The van der Waals surface area contributed by atoms with Gasteiger partial charge in [-0.1, -0.05) is 6.92 Å². The van der Waals surface area contributed by atoms with Gasteiger partial charge in [-0.15, -0.1) is 0 Å². The highest BCUT2D eigenvalue weighted by molar-refractivity contribution is 4.90. The van der Waals surface area contributed by atoms with Crippen LogP contribution in [0.15, 0.2) is 18.5 Å². The molecule has 0 saturated carbocycles. The van der Waals surface area contributed by atoms with Crippen LogP contribution >= 0.6 is 0 Å². The molecule has 0 aromatic carbocycles. The molecular weight excluding hydrogens is 200 g/mol. The van der Waals surface area contributed by atoms with E-state index in [2.05, 4.69) is 21.8 Å². The standard InChI is InChI=1S/C12H20N4/c1-12(10-13)3-7-16(8-4-12)9-11-14-5-2-6-15-11/h2,5-6H,3-4,7-10,13H2,1H3. The van der Waals surface area contributed by atoms with Gasteiger partial charge < -0.3 is 5.73 Å². The third-order valence-electron chi connectivity index (χ3n) is 3.54. The Labute approximate surface area is 96.9 Å². The van der Waals surface area contributed by atoms with Gasteiger partial charge in [0.05, 0.1) is 6.54 Å². The van der Waals surface area contributed by atoms with E-state index in [1.54, 1.807) is 12.4 Å². The molecule has 0 atom stereocenters. The lowest BCUT2D eigenvalue weighted by molar-refractivity contribution is 0.117. The molecular formula is C12H20N4. The Morgan fingerprint density at radius 3 is 2.50 bits per heavy atom. The molecule has 4 heteroatoms. The summed E-state index contributed by atoms with van der Waals surface area (Å²) < 4.78 is 0. The highest BCUT2D eigenvalue weighted by atomic mass is 15.1. The highest BCUT2D eigenvalue weighted by Gasteiger charge is 2.28. The van der Waals surface area contributed by atoms with E-state index in [0.717, 1.165) is 32.0 Å². The molecule has 88 valence electrons. The van der Waals surface area contributed by atoms with Gasteiger partial charge in [-0.3, -0.25) is 4.90 Å². The van der Waals surface area contributed by atoms with Crippen LogP contribution in [0.1, 0.15) is 25.6 Å². The zero-order chi connectivity index (χ0) is 11.4. The molecule has 2 rings (SSSR count). The molecule has 0 unspecified atom stereocenters. The first kappa shape index (κ1) is 11.5. The Morgan fingerprint density at radius 1 is 1.31 bits per heavy atom. The van der Waals surface area contributed by atoms with Crippen molar-refractivity contribution in [1.82, 2.24) is 14.9 Å². The number of nitrogens with two attached hydrogens (primary N) is 1. The van der Waals surface area contributed by atoms with E-state index in [1.807, 2.05) is 6.07 Å². The fourth-order valence-corrected chi connectivity index (χ4v) is 2.07. The lowest BCUT2D eigenvalue weighted by atomic mass is 9.80. The lowest BCUT2D eigenvalue weighted by Crippen LogP contribution is -2.42. The highest BCUT2D eigenvalue weighted by Crippen LogP contribution is 2.29. The number of likely N-dealkylation sites (tertiary alicyclic amines) is 1. The van der Waals surface area contributed by atoms with Crippen molar-refractivity contribution in [2.75, 3.05) is 19.6 Å². The summed E-state index contributed by atoms with van der Waals surface area (Å²) in [6, 6.07) is 1.85. The summed E-state index contributed by atoms with van der Waals surface area (Å²) in [5, 5.41) is 0. The molecule has 1 aliphatic rings. The minimum absolute atomic E-state index is 0.341. The van der Waals surface area contributed by atoms with Crippen molar-refractivity contribution in [2.24, 2.45) is 11.1 Å². The second kappa shape index (κ2) is 4.89. The monoisotopic (exact) mass is 220 g/mol. The number of aromatic nitrogens is 2. The van der Waals surface area contributed by atoms with Crippen molar-refractivity contribution in [2.45, 2.75) is 26.3 Å². The van der Waals surface area contributed by atoms with Gasteiger partial charge >= 0.3 is 0 Å². The molecule has 0 radical (unpaired) electrons. The molecule has 2 N–H and O–H groups in total. The average molecular weight is 220 g/mol. The first-order valence-corrected chi connectivity index (χ1v) is 5.90. The van der Waals surface area contributed by atoms with E-state index in [0.29, 0.717) is 5.41 Å². The maximum Gasteiger partial charge on any atom is 0.142 e. The van der Waals surface area contributed by atoms with E-state index in [-0.39, 0.29) is 0 Å². The molecule has 1 aromatic rings. The molecule has 0 spiro atoms. The minimum atomic E-state index is 0.341. The van der Waals surface area contributed by atoms with Gasteiger partial charge in [0.25, 0.3) is 0 Å². The number of piperidine rings is 1. The fourth-order valence-electron chi connectivity index (χ4n) is 2.07. The lowest BCUT2D eigenvalue weighted by Gasteiger charge is -2.38. The van der Waals surface area contributed by atoms with E-state index in [1.165, 1.54) is 12.8 Å². The number of rotatable bonds is 3. The predicted octanol–water partition coefficient (Wildman–Crippen LogP) is 1.04. The van der Waals surface area contributed by atoms with Gasteiger partial charge in [0, 0.05) is 12.4 Å². The van der Waals surface area contributed by atoms with Gasteiger partial charge in [0.2, 0.25) is 0 Å². The van der Waals surface area contributed by atoms with E-state index < -0.39 is 0 Å². The van der Waals surface area contributed by atoms with Crippen molar-refractivity contribution in [3.8, 4) is 0 Å². The van der Waals surface area contributed by atoms with Gasteiger partial charge in [-0.05, 0) is 44.0 Å². The molecule has 16 heavy (non-hydrogen) atoms. The smallest absolute Gasteiger partial charge is 0.142 e. The number of hydrogen-bond donors (Lipinski definition) is 1. The molecule has 1 aromatic heterocycles. The van der Waals surface area contributed by atoms with E-state index in [9.17, 15) is 0 Å². The molecule has 1 saturated heterocycles. The molecule has 0 amide bonds. The first-order chi connectivity index (χ1) is 7.72. The van der Waals surface area contributed by atoms with Crippen molar-refractivity contribution in [3.63, 3.8) is 0 Å². The first-order valence-electron chi connectivity index (χ1n) is 5.90. The quantitative estimate of drug-likeness (QED) is 0.827. The third-order valence-corrected chi connectivity index (χ3v) is 3.54. The Morgan fingerprint density at radius 2 is 1.94 bits per heavy atom. The topological polar surface area (TPSA) is 55.0 Å². The van der Waals surface area contributed by atoms with Crippen molar-refractivity contribution in [1.29, 1.82) is 0 Å². The molecule has 0 bridgehead atoms. The van der Waals surface area contributed by atoms with Crippen LogP contribution < -0.4 is 5.73 Å². The van der Waals surface area contributed by atoms with Gasteiger partial charge in [-0.25, -0.2) is 9.97 Å². The Balaban J connectivity index is 1.86. The van der Waals surface area contributed by atoms with Crippen LogP contribution in [0.3, 0.4) is 0 Å². The summed E-state index contributed by atoms with van der Waals surface area (Å²) in [7, 11) is 0. The van der Waals surface area contributed by atoms with Gasteiger partial charge in [0.1, 0.15) is 5.82 Å². The Hall–Kier alpha value is -1.00. The van der Waals surface area contributed by atoms with Crippen LogP contribution in [0.2, 0.25) is 0 Å². The Kier molecular flexibility index (Phi) is 3.51. The van der Waals surface area contributed by atoms with Crippen LogP contribution in [0.4, 0.5) is 0 Å². The average Bonchev–Trinajstić information content (AvgIpc) is 2.34. The second-order valence-electron chi connectivity index (χ2n) is 4.96. The van der Waals surface area contributed by atoms with Crippen LogP contribution in [-0.4, -0.2) is 34.5 Å². The molecule has 4 nitrogen and oxygen atoms in total. The predicted molar refractivity (Wildman–Crippen MR) is 63.7 cm³/mol. The molecule has 2 heterocycles. The maximum absolute atomic E-state index is 5.79. The third kappa shape index (κ3) is 2.77. The summed E-state index contributed by atoms with van der Waals surface area (Å²) in [4.78, 5) is 10.9. The largest absolute Gasteiger partial charge is 0.330 e. The fraction of sp³-hybridized carbons (Fsp3) is 0.667. The van der Waals surface area contributed by atoms with Crippen molar-refractivity contribution >= 4 is 0 Å². The van der Waals surface area contributed by atoms with E-state index in [4.69, 9.17) is 5.73 Å². The van der Waals surface area contributed by atoms with Crippen LogP contribution in [0.25, 0.3) is 0 Å². The molecule has 1 aliphatic heterocycles. The zero-order valence-corrected chi connectivity index (χ0v) is 9.89. The SMILES string of the molecule is CC1(CN)CCN(Cc2ncccn2)CC1. The summed E-state index contributed by atoms with van der Waals surface area (Å²) in [5.41, 5.74) is 6.13. The molecule has 1 fully saturated rings. The second-order valence-corrected chi connectivity index (χ2v) is 4.96. The molecule has 0 aliphatic carbocycles. The summed E-state index contributed by atoms with van der Waals surface area (Å²) in [5.74, 6) is 0.916. The minimum Gasteiger partial charge on any atom is -0.330 e. The summed E-state index contributed by atoms with van der Waals surface area (Å²) in [6.45, 7) is 6.14. The maximum atomic E-state index is 5.79. The van der Waals surface area contributed by atoms with Crippen LogP contribution in [0.5, 0.6) is 0 Å². The van der Waals surface area contributed by atoms with Crippen LogP contribution in [-0.2, 0) is 6.54 Å². The number of nitrogens with zero attached hydrogens (tertiary/aromatic N) is 3. The zero-order valence-electron chi connectivity index (χ0n) is 9.89.